The van der Waals surface area contributed by atoms with E-state index in [1.165, 1.54) is 0 Å². The van der Waals surface area contributed by atoms with Gasteiger partial charge in [-0.05, 0) is 23.8 Å². The molecule has 0 aliphatic carbocycles. The normalized spacial score (nSPS) is 18.3. The summed E-state index contributed by atoms with van der Waals surface area (Å²) in [5, 5.41) is 1.13. The van der Waals surface area contributed by atoms with Crippen LogP contribution in [0.1, 0.15) is 28.1 Å². The van der Waals surface area contributed by atoms with Crippen molar-refractivity contribution in [1.82, 2.24) is 4.98 Å². The molecule has 6 heteroatoms. The van der Waals surface area contributed by atoms with Crippen molar-refractivity contribution >= 4 is 22.1 Å². The molecule has 4 heterocycles. The van der Waals surface area contributed by atoms with Crippen molar-refractivity contribution in [3.05, 3.63) is 71.4 Å². The number of nitrogens with zero attached hydrogens (tertiary/aromatic N) is 2. The molecule has 0 bridgehead atoms. The van der Waals surface area contributed by atoms with Crippen molar-refractivity contribution in [2.45, 2.75) is 18.6 Å². The molecule has 0 saturated carbocycles. The largest absolute Gasteiger partial charge is 0.363 e. The predicted octanol–water partition coefficient (Wildman–Crippen LogP) is 4.38. The van der Waals surface area contributed by atoms with Crippen LogP contribution < -0.4 is 4.90 Å². The molecule has 148 valence electrons. The topological polar surface area (TPSA) is 51.7 Å². The number of carbonyl (C=O) groups is 1. The van der Waals surface area contributed by atoms with Crippen molar-refractivity contribution in [2.24, 2.45) is 0 Å². The van der Waals surface area contributed by atoms with Crippen LogP contribution in [-0.2, 0) is 9.47 Å². The van der Waals surface area contributed by atoms with Gasteiger partial charge >= 0.3 is 0 Å². The number of hydrogen-bond donors (Lipinski definition) is 0. The standard InChI is InChI=1S/C23H22N2O3S/c26-21(18-4-2-1-3-5-18)20-16-19(17-6-10-24-11-7-17)22(29-20)25-12-8-23(9-13-25)27-14-15-28-23/h1-7,10-11,16H,8-9,12-15H2. The lowest BCUT2D eigenvalue weighted by Crippen LogP contribution is -2.45. The summed E-state index contributed by atoms with van der Waals surface area (Å²) in [5.74, 6) is -0.346. The Bertz CT molecular complexity index is 987. The van der Waals surface area contributed by atoms with Gasteiger partial charge in [-0.1, -0.05) is 30.3 Å². The Morgan fingerprint density at radius 3 is 2.38 bits per heavy atom. The highest BCUT2D eigenvalue weighted by molar-refractivity contribution is 7.18. The minimum Gasteiger partial charge on any atom is -0.363 e. The molecule has 0 unspecified atom stereocenters. The smallest absolute Gasteiger partial charge is 0.203 e. The van der Waals surface area contributed by atoms with Gasteiger partial charge in [0.05, 0.1) is 23.1 Å². The Morgan fingerprint density at radius 1 is 1.00 bits per heavy atom. The van der Waals surface area contributed by atoms with Crippen LogP contribution in [0, 0.1) is 0 Å². The number of ketones is 1. The molecule has 3 aromatic rings. The molecule has 0 amide bonds. The van der Waals surface area contributed by atoms with Gasteiger partial charge in [0.1, 0.15) is 0 Å². The van der Waals surface area contributed by atoms with Gasteiger partial charge in [-0.2, -0.15) is 0 Å². The lowest BCUT2D eigenvalue weighted by Gasteiger charge is -2.38. The fourth-order valence-corrected chi connectivity index (χ4v) is 5.23. The number of aromatic nitrogens is 1. The highest BCUT2D eigenvalue weighted by atomic mass is 32.1. The van der Waals surface area contributed by atoms with Crippen molar-refractivity contribution in [3.63, 3.8) is 0 Å². The lowest BCUT2D eigenvalue weighted by molar-refractivity contribution is -0.169. The van der Waals surface area contributed by atoms with E-state index in [1.54, 1.807) is 23.7 Å². The summed E-state index contributed by atoms with van der Waals surface area (Å²) in [7, 11) is 0. The van der Waals surface area contributed by atoms with Gasteiger partial charge in [-0.25, -0.2) is 0 Å². The Balaban J connectivity index is 1.48. The molecule has 1 spiro atoms. The average molecular weight is 407 g/mol. The Kier molecular flexibility index (Phi) is 4.91. The molecule has 2 saturated heterocycles. The van der Waals surface area contributed by atoms with Crippen LogP contribution >= 0.6 is 11.3 Å². The lowest BCUT2D eigenvalue weighted by atomic mass is 10.0. The molecule has 2 fully saturated rings. The zero-order valence-electron chi connectivity index (χ0n) is 16.0. The van der Waals surface area contributed by atoms with Crippen LogP contribution in [0.5, 0.6) is 0 Å². The molecule has 2 aromatic heterocycles. The number of hydrogen-bond acceptors (Lipinski definition) is 6. The van der Waals surface area contributed by atoms with E-state index < -0.39 is 5.79 Å². The van der Waals surface area contributed by atoms with E-state index in [2.05, 4.69) is 9.88 Å². The highest BCUT2D eigenvalue weighted by Crippen LogP contribution is 2.42. The molecule has 5 rings (SSSR count). The highest BCUT2D eigenvalue weighted by Gasteiger charge is 2.40. The summed E-state index contributed by atoms with van der Waals surface area (Å²) in [6, 6.07) is 15.5. The van der Waals surface area contributed by atoms with E-state index in [4.69, 9.17) is 9.47 Å². The maximum Gasteiger partial charge on any atom is 0.203 e. The number of ether oxygens (including phenoxy) is 2. The molecule has 1 aromatic carbocycles. The summed E-state index contributed by atoms with van der Waals surface area (Å²) in [6.45, 7) is 3.04. The SMILES string of the molecule is O=C(c1ccccc1)c1cc(-c2ccncc2)c(N2CCC3(CC2)OCCO3)s1. The molecular formula is C23H22N2O3S. The maximum atomic E-state index is 13.1. The summed E-state index contributed by atoms with van der Waals surface area (Å²) in [5.41, 5.74) is 2.87. The number of anilines is 1. The minimum absolute atomic E-state index is 0.0631. The first kappa shape index (κ1) is 18.5. The Labute approximate surface area is 173 Å². The molecular weight excluding hydrogens is 384 g/mol. The monoisotopic (exact) mass is 406 g/mol. The first-order valence-corrected chi connectivity index (χ1v) is 10.7. The van der Waals surface area contributed by atoms with Crippen LogP contribution in [0.3, 0.4) is 0 Å². The Hall–Kier alpha value is -2.54. The van der Waals surface area contributed by atoms with Gasteiger partial charge in [-0.15, -0.1) is 11.3 Å². The third-order valence-corrected chi connectivity index (χ3v) is 6.78. The van der Waals surface area contributed by atoms with E-state index in [1.807, 2.05) is 48.5 Å². The van der Waals surface area contributed by atoms with E-state index in [0.717, 1.165) is 46.9 Å². The number of carbonyl (C=O) groups excluding carboxylic acids is 1. The van der Waals surface area contributed by atoms with Crippen molar-refractivity contribution in [3.8, 4) is 11.1 Å². The van der Waals surface area contributed by atoms with E-state index in [9.17, 15) is 4.79 Å². The third kappa shape index (κ3) is 3.59. The first-order valence-electron chi connectivity index (χ1n) is 9.91. The number of pyridine rings is 1. The van der Waals surface area contributed by atoms with Gasteiger partial charge in [0.2, 0.25) is 5.78 Å². The minimum atomic E-state index is -0.409. The van der Waals surface area contributed by atoms with Gasteiger partial charge in [0, 0.05) is 49.5 Å². The van der Waals surface area contributed by atoms with Gasteiger partial charge in [0.25, 0.3) is 0 Å². The first-order chi connectivity index (χ1) is 14.2. The number of benzene rings is 1. The summed E-state index contributed by atoms with van der Waals surface area (Å²) in [4.78, 5) is 20.3. The van der Waals surface area contributed by atoms with Gasteiger partial charge in [-0.3, -0.25) is 9.78 Å². The average Bonchev–Trinajstić information content (AvgIpc) is 3.43. The summed E-state index contributed by atoms with van der Waals surface area (Å²) in [6.07, 6.45) is 5.26. The van der Waals surface area contributed by atoms with Crippen LogP contribution in [0.25, 0.3) is 11.1 Å². The van der Waals surface area contributed by atoms with E-state index in [-0.39, 0.29) is 5.78 Å². The molecule has 2 aliphatic heterocycles. The summed E-state index contributed by atoms with van der Waals surface area (Å²) >= 11 is 1.57. The fraction of sp³-hybridized carbons (Fsp3) is 0.304. The van der Waals surface area contributed by atoms with Gasteiger partial charge < -0.3 is 14.4 Å². The van der Waals surface area contributed by atoms with Crippen LogP contribution in [0.4, 0.5) is 5.00 Å². The van der Waals surface area contributed by atoms with Gasteiger partial charge in [0.15, 0.2) is 5.79 Å². The van der Waals surface area contributed by atoms with Crippen molar-refractivity contribution in [2.75, 3.05) is 31.2 Å². The number of thiophene rings is 1. The number of rotatable bonds is 4. The zero-order valence-corrected chi connectivity index (χ0v) is 16.9. The maximum absolute atomic E-state index is 13.1. The van der Waals surface area contributed by atoms with Crippen LogP contribution in [0.2, 0.25) is 0 Å². The van der Waals surface area contributed by atoms with Crippen LogP contribution in [0.15, 0.2) is 60.9 Å². The second-order valence-electron chi connectivity index (χ2n) is 7.36. The predicted molar refractivity (Wildman–Crippen MR) is 114 cm³/mol. The molecule has 0 atom stereocenters. The van der Waals surface area contributed by atoms with E-state index >= 15 is 0 Å². The van der Waals surface area contributed by atoms with Crippen LogP contribution in [-0.4, -0.2) is 42.9 Å². The molecule has 0 N–H and O–H groups in total. The second-order valence-corrected chi connectivity index (χ2v) is 8.39. The third-order valence-electron chi connectivity index (χ3n) is 5.59. The second kappa shape index (κ2) is 7.71. The molecule has 2 aliphatic rings. The quantitative estimate of drug-likeness (QED) is 0.602. The molecule has 0 radical (unpaired) electrons. The zero-order chi connectivity index (χ0) is 19.7. The summed E-state index contributed by atoms with van der Waals surface area (Å²) < 4.78 is 11.7. The fourth-order valence-electron chi connectivity index (χ4n) is 4.03. The van der Waals surface area contributed by atoms with E-state index in [0.29, 0.717) is 18.8 Å². The molecule has 5 nitrogen and oxygen atoms in total. The number of piperidine rings is 1. The van der Waals surface area contributed by atoms with Crippen molar-refractivity contribution in [1.29, 1.82) is 0 Å². The Morgan fingerprint density at radius 2 is 1.69 bits per heavy atom. The van der Waals surface area contributed by atoms with Crippen molar-refractivity contribution < 1.29 is 14.3 Å². The molecule has 29 heavy (non-hydrogen) atoms.